The molecule has 1 aromatic carbocycles. The molecule has 2 fully saturated rings. The molecule has 1 unspecified atom stereocenters. The molecular weight excluding hydrogens is 405 g/mol. The average molecular weight is 438 g/mol. The van der Waals surface area contributed by atoms with Crippen LogP contribution in [0, 0.1) is 17.7 Å². The van der Waals surface area contributed by atoms with E-state index in [1.165, 1.54) is 31.7 Å². The van der Waals surface area contributed by atoms with Crippen molar-refractivity contribution in [2.45, 2.75) is 76.4 Å². The second-order valence-corrected chi connectivity index (χ2v) is 9.47. The van der Waals surface area contributed by atoms with Gasteiger partial charge in [-0.2, -0.15) is 0 Å². The van der Waals surface area contributed by atoms with Crippen molar-refractivity contribution in [2.75, 3.05) is 10.6 Å². The van der Waals surface area contributed by atoms with Gasteiger partial charge in [-0.1, -0.05) is 25.0 Å². The zero-order chi connectivity index (χ0) is 21.9. The number of fused-ring (bicyclic) bond motifs is 1. The fourth-order valence-corrected chi connectivity index (χ4v) is 5.45. The fraction of sp³-hybridized carbons (Fsp3) is 0.560. The molecule has 0 amide bonds. The van der Waals surface area contributed by atoms with Gasteiger partial charge < -0.3 is 15.7 Å². The Labute approximate surface area is 188 Å². The van der Waals surface area contributed by atoms with E-state index in [0.717, 1.165) is 55.7 Å². The van der Waals surface area contributed by atoms with Gasteiger partial charge in [0.1, 0.15) is 17.3 Å². The summed E-state index contributed by atoms with van der Waals surface area (Å²) in [7, 11) is 0. The normalized spacial score (nSPS) is 27.6. The van der Waals surface area contributed by atoms with E-state index in [1.807, 2.05) is 12.3 Å². The highest BCUT2D eigenvalue weighted by Gasteiger charge is 2.32. The van der Waals surface area contributed by atoms with Crippen molar-refractivity contribution in [3.63, 3.8) is 0 Å². The Morgan fingerprint density at radius 1 is 1.03 bits per heavy atom. The lowest BCUT2D eigenvalue weighted by Gasteiger charge is -2.26. The number of hydrogen-bond donors (Lipinski definition) is 3. The van der Waals surface area contributed by atoms with Crippen molar-refractivity contribution in [2.24, 2.45) is 16.8 Å². The van der Waals surface area contributed by atoms with Crippen LogP contribution in [0.1, 0.15) is 63.5 Å². The summed E-state index contributed by atoms with van der Waals surface area (Å²) in [4.78, 5) is 14.1. The number of amidine groups is 1. The van der Waals surface area contributed by atoms with Crippen LogP contribution in [0.4, 0.5) is 21.7 Å². The maximum atomic E-state index is 14.4. The summed E-state index contributed by atoms with van der Waals surface area (Å²) >= 11 is 0. The molecule has 6 nitrogen and oxygen atoms in total. The van der Waals surface area contributed by atoms with Crippen LogP contribution in [-0.4, -0.2) is 33.1 Å². The predicted octanol–water partition coefficient (Wildman–Crippen LogP) is 5.23. The van der Waals surface area contributed by atoms with Crippen LogP contribution in [0.5, 0.6) is 0 Å². The van der Waals surface area contributed by atoms with E-state index < -0.39 is 0 Å². The van der Waals surface area contributed by atoms with E-state index in [0.29, 0.717) is 23.6 Å². The van der Waals surface area contributed by atoms with Crippen molar-refractivity contribution in [3.05, 3.63) is 42.0 Å². The van der Waals surface area contributed by atoms with Gasteiger partial charge in [0.05, 0.1) is 23.7 Å². The Morgan fingerprint density at radius 3 is 2.59 bits per heavy atom. The monoisotopic (exact) mass is 437 g/mol. The molecule has 1 aromatic heterocycles. The van der Waals surface area contributed by atoms with Crippen LogP contribution in [0.15, 0.2) is 35.5 Å². The molecule has 3 aliphatic rings. The SMILES string of the molecule is OC1CCC(Nc2ncc3c(n2)CCC(C2CCCC2)C(=Nc2ccccc2F)N3)CC1. The third kappa shape index (κ3) is 4.77. The fourth-order valence-electron chi connectivity index (χ4n) is 5.45. The number of nitrogens with one attached hydrogen (secondary N) is 2. The lowest BCUT2D eigenvalue weighted by Crippen LogP contribution is -2.29. The first kappa shape index (κ1) is 21.3. The van der Waals surface area contributed by atoms with Crippen LogP contribution in [0.25, 0.3) is 0 Å². The Bertz CT molecular complexity index is 967. The number of aryl methyl sites for hydroxylation is 1. The molecular formula is C25H32FN5O. The van der Waals surface area contributed by atoms with Gasteiger partial charge >= 0.3 is 0 Å². The molecule has 0 radical (unpaired) electrons. The Balaban J connectivity index is 1.40. The van der Waals surface area contributed by atoms with Crippen molar-refractivity contribution < 1.29 is 9.50 Å². The number of aliphatic hydroxyl groups excluding tert-OH is 1. The third-order valence-electron chi connectivity index (χ3n) is 7.27. The second-order valence-electron chi connectivity index (χ2n) is 9.47. The molecule has 2 aromatic rings. The first-order valence-corrected chi connectivity index (χ1v) is 12.1. The quantitative estimate of drug-likeness (QED) is 0.610. The molecule has 1 aliphatic heterocycles. The van der Waals surface area contributed by atoms with E-state index in [1.54, 1.807) is 12.1 Å². The van der Waals surface area contributed by atoms with Crippen LogP contribution < -0.4 is 10.6 Å². The zero-order valence-corrected chi connectivity index (χ0v) is 18.4. The highest BCUT2D eigenvalue weighted by atomic mass is 19.1. The minimum absolute atomic E-state index is 0.176. The maximum Gasteiger partial charge on any atom is 0.223 e. The number of aromatic nitrogens is 2. The third-order valence-corrected chi connectivity index (χ3v) is 7.27. The molecule has 0 bridgehead atoms. The lowest BCUT2D eigenvalue weighted by molar-refractivity contribution is 0.126. The number of rotatable bonds is 4. The largest absolute Gasteiger partial charge is 0.393 e. The first-order valence-electron chi connectivity index (χ1n) is 12.1. The summed E-state index contributed by atoms with van der Waals surface area (Å²) in [5, 5.41) is 16.7. The molecule has 32 heavy (non-hydrogen) atoms. The summed E-state index contributed by atoms with van der Waals surface area (Å²) in [6.45, 7) is 0. The Hall–Kier alpha value is -2.54. The number of benzene rings is 1. The smallest absolute Gasteiger partial charge is 0.223 e. The number of anilines is 2. The number of para-hydroxylation sites is 1. The molecule has 7 heteroatoms. The van der Waals surface area contributed by atoms with E-state index >= 15 is 0 Å². The van der Waals surface area contributed by atoms with Gasteiger partial charge in [-0.15, -0.1) is 0 Å². The molecule has 0 spiro atoms. The van der Waals surface area contributed by atoms with Crippen LogP contribution >= 0.6 is 0 Å². The van der Waals surface area contributed by atoms with Crippen LogP contribution in [0.2, 0.25) is 0 Å². The van der Waals surface area contributed by atoms with E-state index in [2.05, 4.69) is 15.6 Å². The molecule has 170 valence electrons. The molecule has 2 heterocycles. The van der Waals surface area contributed by atoms with E-state index in [9.17, 15) is 9.50 Å². The van der Waals surface area contributed by atoms with Gasteiger partial charge in [-0.25, -0.2) is 19.4 Å². The summed E-state index contributed by atoms with van der Waals surface area (Å²) in [5.41, 5.74) is 2.23. The van der Waals surface area contributed by atoms with Crippen LogP contribution in [0.3, 0.4) is 0 Å². The molecule has 2 aliphatic carbocycles. The number of aliphatic imine (C=N–C) groups is 1. The van der Waals surface area contributed by atoms with E-state index in [4.69, 9.17) is 9.98 Å². The Kier molecular flexibility index (Phi) is 6.35. The van der Waals surface area contributed by atoms with Gasteiger partial charge in [0.25, 0.3) is 0 Å². The standard InChI is InChI=1S/C25H32FN5O/c26-20-7-3-4-8-21(20)29-24-19(16-5-1-2-6-16)13-14-22-23(30-24)15-27-25(31-22)28-17-9-11-18(32)12-10-17/h3-4,7-8,15-19,32H,1-2,5-6,9-14H2,(H,29,30)(H,27,28,31). The minimum atomic E-state index is -0.301. The second kappa shape index (κ2) is 9.53. The van der Waals surface area contributed by atoms with Crippen molar-refractivity contribution in [3.8, 4) is 0 Å². The van der Waals surface area contributed by atoms with Crippen LogP contribution in [-0.2, 0) is 6.42 Å². The topological polar surface area (TPSA) is 82.4 Å². The van der Waals surface area contributed by atoms with Crippen molar-refractivity contribution in [1.29, 1.82) is 0 Å². The molecule has 0 saturated heterocycles. The van der Waals surface area contributed by atoms with Gasteiger partial charge in [0.15, 0.2) is 0 Å². The number of hydrogen-bond acceptors (Lipinski definition) is 5. The van der Waals surface area contributed by atoms with Crippen molar-refractivity contribution >= 4 is 23.2 Å². The lowest BCUT2D eigenvalue weighted by atomic mass is 9.86. The summed E-state index contributed by atoms with van der Waals surface area (Å²) in [6.07, 6.45) is 11.9. The zero-order valence-electron chi connectivity index (χ0n) is 18.4. The summed E-state index contributed by atoms with van der Waals surface area (Å²) < 4.78 is 14.4. The number of aliphatic hydroxyl groups is 1. The van der Waals surface area contributed by atoms with E-state index in [-0.39, 0.29) is 17.8 Å². The van der Waals surface area contributed by atoms with Gasteiger partial charge in [0, 0.05) is 12.0 Å². The summed E-state index contributed by atoms with van der Waals surface area (Å²) in [6, 6.07) is 7.01. The van der Waals surface area contributed by atoms with Gasteiger partial charge in [-0.3, -0.25) is 0 Å². The first-order chi connectivity index (χ1) is 15.7. The number of halogens is 1. The highest BCUT2D eigenvalue weighted by molar-refractivity contribution is 5.99. The Morgan fingerprint density at radius 2 is 1.81 bits per heavy atom. The summed E-state index contributed by atoms with van der Waals surface area (Å²) in [5.74, 6) is 2.03. The molecule has 1 atom stereocenters. The average Bonchev–Trinajstić information content (AvgIpc) is 3.27. The minimum Gasteiger partial charge on any atom is -0.393 e. The molecule has 5 rings (SSSR count). The van der Waals surface area contributed by atoms with Gasteiger partial charge in [-0.05, 0) is 69.4 Å². The number of nitrogens with zero attached hydrogens (tertiary/aromatic N) is 3. The maximum absolute atomic E-state index is 14.4. The predicted molar refractivity (Wildman–Crippen MR) is 125 cm³/mol. The molecule has 2 saturated carbocycles. The van der Waals surface area contributed by atoms with Crippen molar-refractivity contribution in [1.82, 2.24) is 9.97 Å². The highest BCUT2D eigenvalue weighted by Crippen LogP contribution is 2.38. The van der Waals surface area contributed by atoms with Gasteiger partial charge in [0.2, 0.25) is 5.95 Å². The molecule has 3 N–H and O–H groups in total.